The van der Waals surface area contributed by atoms with E-state index in [4.69, 9.17) is 16.6 Å². The Hall–Kier alpha value is -5.65. The molecular formula is C39H52N11O6+. The molecule has 0 bridgehead atoms. The van der Waals surface area contributed by atoms with E-state index in [1.807, 2.05) is 31.4 Å². The molecule has 10 N–H and O–H groups in total. The minimum atomic E-state index is -2.54. The lowest BCUT2D eigenvalue weighted by Gasteiger charge is -2.41. The molecule has 0 radical (unpaired) electrons. The summed E-state index contributed by atoms with van der Waals surface area (Å²) in [4.78, 5) is 43.2. The van der Waals surface area contributed by atoms with Crippen molar-refractivity contribution in [2.24, 2.45) is 17.4 Å². The number of carbonyl (C=O) groups is 3. The summed E-state index contributed by atoms with van der Waals surface area (Å²) in [5.41, 5.74) is 17.1. The molecule has 2 saturated carbocycles. The van der Waals surface area contributed by atoms with Crippen molar-refractivity contribution in [2.75, 3.05) is 44.4 Å². The fraction of sp³-hybridized carbons (Fsp3) is 0.462. The summed E-state index contributed by atoms with van der Waals surface area (Å²) < 4.78 is 2.59. The largest absolute Gasteiger partial charge is 0.393 e. The smallest absolute Gasteiger partial charge is 0.323 e. The van der Waals surface area contributed by atoms with Crippen LogP contribution in [0.5, 0.6) is 0 Å². The van der Waals surface area contributed by atoms with Gasteiger partial charge in [-0.05, 0) is 57.1 Å². The number of amides is 3. The van der Waals surface area contributed by atoms with E-state index in [1.54, 1.807) is 14.1 Å². The molecule has 7 rings (SSSR count). The van der Waals surface area contributed by atoms with Gasteiger partial charge in [0.15, 0.2) is 0 Å². The molecule has 2 aliphatic heterocycles. The van der Waals surface area contributed by atoms with Gasteiger partial charge in [-0.2, -0.15) is 5.10 Å². The van der Waals surface area contributed by atoms with E-state index < -0.39 is 17.7 Å². The van der Waals surface area contributed by atoms with E-state index in [0.29, 0.717) is 23.3 Å². The number of piperidine rings is 1. The van der Waals surface area contributed by atoms with Crippen LogP contribution in [0.2, 0.25) is 0 Å². The van der Waals surface area contributed by atoms with Gasteiger partial charge in [-0.25, -0.2) is 4.90 Å². The van der Waals surface area contributed by atoms with Crippen LogP contribution < -0.4 is 37.0 Å². The monoisotopic (exact) mass is 770 g/mol. The first kappa shape index (κ1) is 38.6. The van der Waals surface area contributed by atoms with Gasteiger partial charge in [-0.1, -0.05) is 19.1 Å². The lowest BCUT2D eigenvalue weighted by Crippen LogP contribution is -2.58. The standard InChI is InChI=1S/C39H51N11O6/c1-5-29-35-26(21-42-49(35)24-16-18-48(19-17-24)39(54,55)31-11-7-10-30(50(31)56)38(53)46(2)3)25-8-6-9-27(34(25)47(29)4)44-28(33(41)37(52)43-23-14-15-23)20-32(40)45-36(51)22-12-13-22/h6-11,20-24,29,41,54-56H,5,12-19H2,1-4H3,(H5,40,43,44,45,51,52,53)/p+1. The van der Waals surface area contributed by atoms with Crippen LogP contribution >= 0.6 is 0 Å². The minimum absolute atomic E-state index is 0.0539. The number of nitrogens with one attached hydrogen (secondary N) is 3. The van der Waals surface area contributed by atoms with E-state index in [9.17, 15) is 29.8 Å². The van der Waals surface area contributed by atoms with Crippen molar-refractivity contribution in [1.82, 2.24) is 30.2 Å². The fourth-order valence-electron chi connectivity index (χ4n) is 7.70. The highest BCUT2D eigenvalue weighted by Gasteiger charge is 2.47. The lowest BCUT2D eigenvalue weighted by molar-refractivity contribution is -0.917. The number of pyridine rings is 1. The second-order valence-electron chi connectivity index (χ2n) is 15.3. The van der Waals surface area contributed by atoms with E-state index >= 15 is 0 Å². The van der Waals surface area contributed by atoms with Crippen LogP contribution in [0.1, 0.15) is 85.8 Å². The molecule has 298 valence electrons. The number of nitrogens with zero attached hydrogens (tertiary/aromatic N) is 6. The maximum atomic E-state index is 13.2. The van der Waals surface area contributed by atoms with Crippen LogP contribution in [0.3, 0.4) is 0 Å². The third-order valence-electron chi connectivity index (χ3n) is 11.1. The van der Waals surface area contributed by atoms with Gasteiger partial charge in [-0.15, -0.1) is 0 Å². The second kappa shape index (κ2) is 15.1. The Balaban J connectivity index is 1.15. The highest BCUT2D eigenvalue weighted by atomic mass is 16.5. The van der Waals surface area contributed by atoms with Gasteiger partial charge < -0.3 is 47.4 Å². The number of carbonyl (C=O) groups excluding carboxylic acids is 3. The number of anilines is 2. The maximum Gasteiger partial charge on any atom is 0.323 e. The number of hydrogen-bond acceptors (Lipinski definition) is 12. The van der Waals surface area contributed by atoms with Gasteiger partial charge >= 0.3 is 23.2 Å². The van der Waals surface area contributed by atoms with Crippen LogP contribution in [-0.2, 0) is 15.5 Å². The first-order valence-electron chi connectivity index (χ1n) is 19.2. The fourth-order valence-corrected chi connectivity index (χ4v) is 7.70. The molecule has 1 aromatic carbocycles. The van der Waals surface area contributed by atoms with Gasteiger partial charge in [0.1, 0.15) is 11.5 Å². The topological polar surface area (TPSA) is 231 Å². The molecule has 3 fully saturated rings. The number of nitrogens with two attached hydrogens (primary N) is 2. The Bertz CT molecular complexity index is 2090. The number of aliphatic hydroxyl groups is 2. The number of rotatable bonds is 12. The summed E-state index contributed by atoms with van der Waals surface area (Å²) in [5.74, 6) is -3.59. The molecule has 4 aliphatic rings. The number of benzene rings is 1. The Morgan fingerprint density at radius 3 is 2.36 bits per heavy atom. The molecule has 56 heavy (non-hydrogen) atoms. The van der Waals surface area contributed by atoms with E-state index in [1.165, 1.54) is 34.1 Å². The van der Waals surface area contributed by atoms with Gasteiger partial charge in [0.2, 0.25) is 5.91 Å². The number of likely N-dealkylation sites (tertiary alicyclic amines) is 1. The van der Waals surface area contributed by atoms with Crippen molar-refractivity contribution >= 4 is 29.1 Å². The summed E-state index contributed by atoms with van der Waals surface area (Å²) in [6.45, 7) is 2.66. The van der Waals surface area contributed by atoms with E-state index in [0.717, 1.165) is 54.6 Å². The SMILES string of the molecule is CCC1c2c(cnn2C2CCN(C(O)(O)c3cccc(C(=O)N(C)C)[n+]3O)CC2)-c2cccc(NC(/C=C(\N)NC(=O)C3CC3)=C(/N)C(=O)NC3CC3)c2N1C. The molecule has 3 aromatic rings. The molecule has 4 heterocycles. The van der Waals surface area contributed by atoms with Crippen LogP contribution in [0.4, 0.5) is 11.4 Å². The van der Waals surface area contributed by atoms with Gasteiger partial charge in [-0.3, -0.25) is 24.3 Å². The number of aromatic nitrogens is 3. The quantitative estimate of drug-likeness (QED) is 0.0429. The molecular weight excluding hydrogens is 718 g/mol. The summed E-state index contributed by atoms with van der Waals surface area (Å²) in [6, 6.07) is 10.1. The molecule has 17 nitrogen and oxygen atoms in total. The normalized spacial score (nSPS) is 19.4. The molecule has 2 aliphatic carbocycles. The summed E-state index contributed by atoms with van der Waals surface area (Å²) in [7, 11) is 5.11. The number of hydrogen-bond donors (Lipinski definition) is 8. The third kappa shape index (κ3) is 7.36. The third-order valence-corrected chi connectivity index (χ3v) is 11.1. The van der Waals surface area contributed by atoms with Gasteiger partial charge in [0.25, 0.3) is 5.91 Å². The molecule has 17 heteroatoms. The molecule has 3 amide bonds. The molecule has 1 unspecified atom stereocenters. The second-order valence-corrected chi connectivity index (χ2v) is 15.3. The van der Waals surface area contributed by atoms with Crippen LogP contribution in [0.15, 0.2) is 65.9 Å². The molecule has 1 atom stereocenters. The highest BCUT2D eigenvalue weighted by molar-refractivity contribution is 5.96. The molecule has 1 saturated heterocycles. The number of fused-ring (bicyclic) bond motifs is 3. The zero-order valence-electron chi connectivity index (χ0n) is 32.2. The zero-order chi connectivity index (χ0) is 40.1. The van der Waals surface area contributed by atoms with Crippen LogP contribution in [0.25, 0.3) is 11.1 Å². The van der Waals surface area contributed by atoms with E-state index in [-0.39, 0.29) is 71.6 Å². The van der Waals surface area contributed by atoms with Crippen molar-refractivity contribution in [1.29, 1.82) is 0 Å². The first-order valence-corrected chi connectivity index (χ1v) is 19.2. The van der Waals surface area contributed by atoms with Gasteiger partial charge in [0.05, 0.1) is 41.0 Å². The highest BCUT2D eigenvalue weighted by Crippen LogP contribution is 2.50. The Morgan fingerprint density at radius 2 is 1.71 bits per heavy atom. The van der Waals surface area contributed by atoms with Crippen molar-refractivity contribution < 1.29 is 34.5 Å². The first-order chi connectivity index (χ1) is 26.7. The number of allylic oxidation sites excluding steroid dienone is 1. The Kier molecular flexibility index (Phi) is 10.4. The summed E-state index contributed by atoms with van der Waals surface area (Å²) >= 11 is 0. The minimum Gasteiger partial charge on any atom is -0.393 e. The average Bonchev–Trinajstić information content (AvgIpc) is 4.12. The van der Waals surface area contributed by atoms with Crippen molar-refractivity contribution in [3.63, 3.8) is 0 Å². The average molecular weight is 771 g/mol. The summed E-state index contributed by atoms with van der Waals surface area (Å²) in [6.07, 6.45) is 8.59. The van der Waals surface area contributed by atoms with Crippen LogP contribution in [0, 0.1) is 5.92 Å². The van der Waals surface area contributed by atoms with Crippen LogP contribution in [-0.4, -0.2) is 93.0 Å². The molecule has 0 spiro atoms. The predicted octanol–water partition coefficient (Wildman–Crippen LogP) is 1.30. The van der Waals surface area contributed by atoms with Crippen molar-refractivity contribution in [3.8, 4) is 11.1 Å². The predicted molar refractivity (Wildman–Crippen MR) is 206 cm³/mol. The number of para-hydroxylation sites is 1. The Labute approximate surface area is 325 Å². The van der Waals surface area contributed by atoms with E-state index in [2.05, 4.69) is 32.5 Å². The van der Waals surface area contributed by atoms with Crippen molar-refractivity contribution in [2.45, 2.75) is 75.9 Å². The lowest BCUT2D eigenvalue weighted by atomic mass is 9.91. The zero-order valence-corrected chi connectivity index (χ0v) is 32.2. The van der Waals surface area contributed by atoms with Crippen molar-refractivity contribution in [3.05, 3.63) is 83.0 Å². The Morgan fingerprint density at radius 1 is 1.02 bits per heavy atom. The van der Waals surface area contributed by atoms with Gasteiger partial charge in [0, 0.05) is 80.3 Å². The maximum absolute atomic E-state index is 13.2. The molecule has 2 aromatic heterocycles. The summed E-state index contributed by atoms with van der Waals surface area (Å²) in [5, 5.41) is 47.5.